The van der Waals surface area contributed by atoms with Crippen LogP contribution in [0.4, 0.5) is 5.69 Å². The van der Waals surface area contributed by atoms with Gasteiger partial charge < -0.3 is 5.32 Å². The summed E-state index contributed by atoms with van der Waals surface area (Å²) in [6.45, 7) is 0. The molecule has 0 saturated carbocycles. The van der Waals surface area contributed by atoms with Crippen LogP contribution in [0.15, 0.2) is 17.5 Å². The number of aromatic nitrogens is 2. The molecule has 1 aromatic heterocycles. The molecule has 0 aliphatic carbocycles. The van der Waals surface area contributed by atoms with Crippen molar-refractivity contribution in [3.8, 4) is 0 Å². The van der Waals surface area contributed by atoms with E-state index in [1.54, 1.807) is 17.9 Å². The number of nitrogens with zero attached hydrogens (tertiary/aromatic N) is 4. The zero-order valence-electron chi connectivity index (χ0n) is 12.6. The van der Waals surface area contributed by atoms with Crippen molar-refractivity contribution in [2.45, 2.75) is 25.3 Å². The summed E-state index contributed by atoms with van der Waals surface area (Å²) in [5.74, 6) is -0.699. The van der Waals surface area contributed by atoms with Gasteiger partial charge in [-0.2, -0.15) is 10.2 Å². The molecule has 0 aromatic carbocycles. The van der Waals surface area contributed by atoms with Gasteiger partial charge in [-0.3, -0.25) is 14.3 Å². The third-order valence-corrected chi connectivity index (χ3v) is 5.59. The standard InChI is InChI=1S/C13H17N5O4S/c1-17-7-9(6-14-17)15-13(20)11-2-3-12(19)18(16-11)10-4-5-23(21,22)8-10/h6-7,10H,2-5,8H2,1H3,(H,15,20)/t10-/m1/s1. The Morgan fingerprint density at radius 2 is 2.17 bits per heavy atom. The molecule has 2 aliphatic heterocycles. The van der Waals surface area contributed by atoms with Crippen LogP contribution < -0.4 is 5.32 Å². The normalized spacial score (nSPS) is 23.7. The van der Waals surface area contributed by atoms with Gasteiger partial charge in [0.2, 0.25) is 5.91 Å². The van der Waals surface area contributed by atoms with Crippen molar-refractivity contribution >= 4 is 33.1 Å². The van der Waals surface area contributed by atoms with E-state index in [0.29, 0.717) is 12.1 Å². The van der Waals surface area contributed by atoms with E-state index in [0.717, 1.165) is 0 Å². The second kappa shape index (κ2) is 5.76. The molecule has 1 saturated heterocycles. The summed E-state index contributed by atoms with van der Waals surface area (Å²) >= 11 is 0. The molecule has 0 radical (unpaired) electrons. The van der Waals surface area contributed by atoms with Crippen molar-refractivity contribution in [3.05, 3.63) is 12.4 Å². The second-order valence-electron chi connectivity index (χ2n) is 5.70. The molecule has 2 aliphatic rings. The zero-order valence-corrected chi connectivity index (χ0v) is 13.4. The number of sulfone groups is 1. The number of carbonyl (C=O) groups excluding carboxylic acids is 2. The summed E-state index contributed by atoms with van der Waals surface area (Å²) in [4.78, 5) is 24.2. The summed E-state index contributed by atoms with van der Waals surface area (Å²) in [5.41, 5.74) is 0.754. The van der Waals surface area contributed by atoms with Crippen molar-refractivity contribution in [1.29, 1.82) is 0 Å². The number of hydrogen-bond donors (Lipinski definition) is 1. The number of hydrazone groups is 1. The first-order valence-corrected chi connectivity index (χ1v) is 9.06. The maximum Gasteiger partial charge on any atom is 0.271 e. The molecule has 10 heteroatoms. The van der Waals surface area contributed by atoms with E-state index in [4.69, 9.17) is 0 Å². The number of carbonyl (C=O) groups is 2. The number of anilines is 1. The molecule has 1 aromatic rings. The minimum absolute atomic E-state index is 0.0498. The molecule has 0 spiro atoms. The Balaban J connectivity index is 1.75. The van der Waals surface area contributed by atoms with E-state index in [1.165, 1.54) is 11.2 Å². The monoisotopic (exact) mass is 339 g/mol. The fourth-order valence-corrected chi connectivity index (χ4v) is 4.37. The van der Waals surface area contributed by atoms with Gasteiger partial charge in [-0.1, -0.05) is 0 Å². The molecule has 0 unspecified atom stereocenters. The maximum absolute atomic E-state index is 12.2. The van der Waals surface area contributed by atoms with E-state index < -0.39 is 21.8 Å². The Kier molecular flexibility index (Phi) is 3.92. The van der Waals surface area contributed by atoms with Crippen LogP contribution in [-0.4, -0.2) is 58.3 Å². The number of rotatable bonds is 3. The van der Waals surface area contributed by atoms with Crippen LogP contribution in [0, 0.1) is 0 Å². The number of hydrogen-bond acceptors (Lipinski definition) is 6. The summed E-state index contributed by atoms with van der Waals surface area (Å²) in [6.07, 6.45) is 3.90. The molecular weight excluding hydrogens is 322 g/mol. The zero-order chi connectivity index (χ0) is 16.6. The lowest BCUT2D eigenvalue weighted by atomic mass is 10.1. The quantitative estimate of drug-likeness (QED) is 0.799. The molecule has 124 valence electrons. The maximum atomic E-state index is 12.2. The molecule has 1 fully saturated rings. The fraction of sp³-hybridized carbons (Fsp3) is 0.538. The SMILES string of the molecule is Cn1cc(NC(=O)C2=NN([C@@H]3CCS(=O)(=O)C3)C(=O)CC2)cn1. The van der Waals surface area contributed by atoms with Crippen LogP contribution >= 0.6 is 0 Å². The van der Waals surface area contributed by atoms with E-state index >= 15 is 0 Å². The van der Waals surface area contributed by atoms with E-state index in [2.05, 4.69) is 15.5 Å². The molecule has 3 rings (SSSR count). The predicted molar refractivity (Wildman–Crippen MR) is 82.4 cm³/mol. The summed E-state index contributed by atoms with van der Waals surface area (Å²) in [7, 11) is -1.40. The Morgan fingerprint density at radius 3 is 2.78 bits per heavy atom. The Hall–Kier alpha value is -2.23. The highest BCUT2D eigenvalue weighted by Crippen LogP contribution is 2.22. The first kappa shape index (κ1) is 15.7. The third kappa shape index (κ3) is 3.41. The molecule has 9 nitrogen and oxygen atoms in total. The number of amides is 2. The smallest absolute Gasteiger partial charge is 0.271 e. The average molecular weight is 339 g/mol. The Bertz CT molecular complexity index is 782. The minimum atomic E-state index is -3.13. The van der Waals surface area contributed by atoms with Crippen LogP contribution in [0.1, 0.15) is 19.3 Å². The number of nitrogens with one attached hydrogen (secondary N) is 1. The van der Waals surface area contributed by atoms with Crippen LogP contribution in [-0.2, 0) is 26.5 Å². The van der Waals surface area contributed by atoms with Gasteiger partial charge in [0.25, 0.3) is 5.91 Å². The summed E-state index contributed by atoms with van der Waals surface area (Å²) < 4.78 is 24.7. The molecule has 1 N–H and O–H groups in total. The Labute approximate surface area is 133 Å². The predicted octanol–water partition coefficient (Wildman–Crippen LogP) is -0.476. The lowest BCUT2D eigenvalue weighted by molar-refractivity contribution is -0.133. The van der Waals surface area contributed by atoms with Gasteiger partial charge in [0.15, 0.2) is 9.84 Å². The largest absolute Gasteiger partial charge is 0.318 e. The third-order valence-electron chi connectivity index (χ3n) is 3.84. The lowest BCUT2D eigenvalue weighted by Gasteiger charge is -2.27. The van der Waals surface area contributed by atoms with Gasteiger partial charge in [-0.25, -0.2) is 13.4 Å². The second-order valence-corrected chi connectivity index (χ2v) is 7.93. The van der Waals surface area contributed by atoms with E-state index in [-0.39, 0.29) is 36.0 Å². The van der Waals surface area contributed by atoms with E-state index in [9.17, 15) is 18.0 Å². The molecule has 0 bridgehead atoms. The van der Waals surface area contributed by atoms with Crippen LogP contribution in [0.5, 0.6) is 0 Å². The van der Waals surface area contributed by atoms with Crippen LogP contribution in [0.3, 0.4) is 0 Å². The lowest BCUT2D eigenvalue weighted by Crippen LogP contribution is -2.42. The first-order chi connectivity index (χ1) is 10.8. The van der Waals surface area contributed by atoms with Crippen molar-refractivity contribution in [2.24, 2.45) is 12.1 Å². The van der Waals surface area contributed by atoms with Gasteiger partial charge >= 0.3 is 0 Å². The highest BCUT2D eigenvalue weighted by molar-refractivity contribution is 7.91. The molecule has 1 atom stereocenters. The van der Waals surface area contributed by atoms with E-state index in [1.807, 2.05) is 0 Å². The van der Waals surface area contributed by atoms with Gasteiger partial charge in [-0.05, 0) is 6.42 Å². The number of aryl methyl sites for hydroxylation is 1. The van der Waals surface area contributed by atoms with Crippen molar-refractivity contribution < 1.29 is 18.0 Å². The molecule has 23 heavy (non-hydrogen) atoms. The first-order valence-electron chi connectivity index (χ1n) is 7.24. The van der Waals surface area contributed by atoms with Crippen molar-refractivity contribution in [3.63, 3.8) is 0 Å². The highest BCUT2D eigenvalue weighted by Gasteiger charge is 2.37. The van der Waals surface area contributed by atoms with Crippen molar-refractivity contribution in [1.82, 2.24) is 14.8 Å². The highest BCUT2D eigenvalue weighted by atomic mass is 32.2. The van der Waals surface area contributed by atoms with Gasteiger partial charge in [0, 0.05) is 26.1 Å². The molecule has 3 heterocycles. The van der Waals surface area contributed by atoms with Crippen molar-refractivity contribution in [2.75, 3.05) is 16.8 Å². The summed E-state index contributed by atoms with van der Waals surface area (Å²) in [5, 5.41) is 11.9. The topological polar surface area (TPSA) is 114 Å². The van der Waals surface area contributed by atoms with Crippen LogP contribution in [0.2, 0.25) is 0 Å². The fourth-order valence-electron chi connectivity index (χ4n) is 2.68. The molecule has 2 amide bonds. The van der Waals surface area contributed by atoms with Gasteiger partial charge in [-0.15, -0.1) is 0 Å². The Morgan fingerprint density at radius 1 is 1.39 bits per heavy atom. The minimum Gasteiger partial charge on any atom is -0.318 e. The van der Waals surface area contributed by atoms with Gasteiger partial charge in [0.05, 0.1) is 29.4 Å². The summed E-state index contributed by atoms with van der Waals surface area (Å²) in [6, 6.07) is -0.478. The average Bonchev–Trinajstić information content (AvgIpc) is 3.05. The van der Waals surface area contributed by atoms with Crippen LogP contribution in [0.25, 0.3) is 0 Å². The molecular formula is C13H17N5O4S. The van der Waals surface area contributed by atoms with Gasteiger partial charge in [0.1, 0.15) is 5.71 Å².